The van der Waals surface area contributed by atoms with E-state index >= 15 is 0 Å². The molecule has 1 aliphatic rings. The van der Waals surface area contributed by atoms with Gasteiger partial charge in [0.05, 0.1) is 19.1 Å². The molecule has 0 aliphatic heterocycles. The van der Waals surface area contributed by atoms with Crippen molar-refractivity contribution in [2.45, 2.75) is 25.4 Å². The van der Waals surface area contributed by atoms with Crippen LogP contribution in [0.1, 0.15) is 19.3 Å². The van der Waals surface area contributed by atoms with Gasteiger partial charge in [0, 0.05) is 0 Å². The molecular weight excluding hydrogens is 132 g/mol. The van der Waals surface area contributed by atoms with Gasteiger partial charge in [-0.2, -0.15) is 0 Å². The van der Waals surface area contributed by atoms with E-state index in [1.807, 2.05) is 0 Å². The highest BCUT2D eigenvalue weighted by atomic mass is 16.5. The molecule has 2 unspecified atom stereocenters. The number of aliphatic hydroxyl groups excluding tert-OH is 1. The lowest BCUT2D eigenvalue weighted by Crippen LogP contribution is -2.13. The number of carbonyl (C=O) groups is 1. The molecule has 1 saturated carbocycles. The van der Waals surface area contributed by atoms with Crippen LogP contribution in [0.25, 0.3) is 0 Å². The molecule has 1 aliphatic carbocycles. The van der Waals surface area contributed by atoms with Gasteiger partial charge in [-0.15, -0.1) is 0 Å². The predicted molar refractivity (Wildman–Crippen MR) is 35.4 cm³/mol. The van der Waals surface area contributed by atoms with Crippen LogP contribution in [0.3, 0.4) is 0 Å². The monoisotopic (exact) mass is 144 g/mol. The van der Waals surface area contributed by atoms with Gasteiger partial charge in [0.2, 0.25) is 0 Å². The van der Waals surface area contributed by atoms with Gasteiger partial charge in [0.1, 0.15) is 0 Å². The van der Waals surface area contributed by atoms with Gasteiger partial charge in [-0.05, 0) is 19.3 Å². The lowest BCUT2D eigenvalue weighted by atomic mass is 10.1. The van der Waals surface area contributed by atoms with Crippen LogP contribution in [0.2, 0.25) is 0 Å². The molecule has 0 aromatic rings. The number of aliphatic hydroxyl groups is 1. The zero-order chi connectivity index (χ0) is 7.56. The number of carbonyl (C=O) groups excluding carboxylic acids is 1. The molecule has 3 heteroatoms. The first-order valence-corrected chi connectivity index (χ1v) is 3.50. The molecule has 0 saturated heterocycles. The Morgan fingerprint density at radius 2 is 2.30 bits per heavy atom. The quantitative estimate of drug-likeness (QED) is 0.539. The van der Waals surface area contributed by atoms with Crippen molar-refractivity contribution >= 4 is 5.97 Å². The molecule has 0 spiro atoms. The van der Waals surface area contributed by atoms with Crippen molar-refractivity contribution in [3.8, 4) is 0 Å². The van der Waals surface area contributed by atoms with Crippen molar-refractivity contribution in [1.82, 2.24) is 0 Å². The maximum atomic E-state index is 10.8. The second-order valence-corrected chi connectivity index (χ2v) is 2.69. The molecule has 0 amide bonds. The molecule has 0 radical (unpaired) electrons. The summed E-state index contributed by atoms with van der Waals surface area (Å²) in [6.07, 6.45) is 1.80. The second kappa shape index (κ2) is 3.01. The Hall–Kier alpha value is -0.570. The van der Waals surface area contributed by atoms with Gasteiger partial charge in [0.15, 0.2) is 0 Å². The van der Waals surface area contributed by atoms with E-state index in [1.165, 1.54) is 7.11 Å². The van der Waals surface area contributed by atoms with Crippen molar-refractivity contribution in [3.63, 3.8) is 0 Å². The number of ether oxygens (including phenoxy) is 1. The zero-order valence-corrected chi connectivity index (χ0v) is 6.04. The van der Waals surface area contributed by atoms with Crippen molar-refractivity contribution in [2.24, 2.45) is 5.92 Å². The van der Waals surface area contributed by atoms with Crippen molar-refractivity contribution in [2.75, 3.05) is 7.11 Å². The lowest BCUT2D eigenvalue weighted by molar-refractivity contribution is -0.145. The highest BCUT2D eigenvalue weighted by Crippen LogP contribution is 2.25. The molecule has 1 fully saturated rings. The number of hydrogen-bond donors (Lipinski definition) is 1. The number of rotatable bonds is 1. The summed E-state index contributed by atoms with van der Waals surface area (Å²) in [6, 6.07) is 0. The standard InChI is InChI=1S/C7H12O3/c1-10-7(9)5-2-3-6(8)4-5/h5-6,8H,2-4H2,1H3. The second-order valence-electron chi connectivity index (χ2n) is 2.69. The predicted octanol–water partition coefficient (Wildman–Crippen LogP) is 0.320. The summed E-state index contributed by atoms with van der Waals surface area (Å²) in [4.78, 5) is 10.8. The largest absolute Gasteiger partial charge is 0.469 e. The van der Waals surface area contributed by atoms with Crippen molar-refractivity contribution < 1.29 is 14.6 Å². The zero-order valence-electron chi connectivity index (χ0n) is 6.04. The van der Waals surface area contributed by atoms with Crippen molar-refractivity contribution in [3.05, 3.63) is 0 Å². The van der Waals surface area contributed by atoms with E-state index in [1.54, 1.807) is 0 Å². The molecule has 0 aromatic carbocycles. The van der Waals surface area contributed by atoms with Gasteiger partial charge in [-0.3, -0.25) is 4.79 Å². The Morgan fingerprint density at radius 1 is 1.60 bits per heavy atom. The van der Waals surface area contributed by atoms with E-state index < -0.39 is 0 Å². The molecular formula is C7H12O3. The summed E-state index contributed by atoms with van der Waals surface area (Å²) in [7, 11) is 1.38. The topological polar surface area (TPSA) is 46.5 Å². The highest BCUT2D eigenvalue weighted by molar-refractivity contribution is 5.72. The minimum atomic E-state index is -0.288. The molecule has 1 rings (SSSR count). The summed E-state index contributed by atoms with van der Waals surface area (Å²) in [6.45, 7) is 0. The maximum absolute atomic E-state index is 10.8. The van der Waals surface area contributed by atoms with Gasteiger partial charge in [0.25, 0.3) is 0 Å². The molecule has 0 bridgehead atoms. The molecule has 58 valence electrons. The summed E-state index contributed by atoms with van der Waals surface area (Å²) < 4.78 is 4.53. The van der Waals surface area contributed by atoms with Crippen LogP contribution in [-0.4, -0.2) is 24.3 Å². The Kier molecular flexibility index (Phi) is 2.27. The number of esters is 1. The first-order valence-electron chi connectivity index (χ1n) is 3.50. The highest BCUT2D eigenvalue weighted by Gasteiger charge is 2.28. The molecule has 1 N–H and O–H groups in total. The minimum Gasteiger partial charge on any atom is -0.469 e. The van der Waals surface area contributed by atoms with Gasteiger partial charge in [-0.1, -0.05) is 0 Å². The van der Waals surface area contributed by atoms with E-state index in [9.17, 15) is 4.79 Å². The summed E-state index contributed by atoms with van der Waals surface area (Å²) in [5.41, 5.74) is 0. The van der Waals surface area contributed by atoms with E-state index in [2.05, 4.69) is 4.74 Å². The SMILES string of the molecule is COC(=O)C1CCC(O)C1. The fourth-order valence-electron chi connectivity index (χ4n) is 1.34. The third-order valence-electron chi connectivity index (χ3n) is 1.94. The van der Waals surface area contributed by atoms with Crippen LogP contribution < -0.4 is 0 Å². The Labute approximate surface area is 60.0 Å². The average molecular weight is 144 g/mol. The van der Waals surface area contributed by atoms with Gasteiger partial charge in [-0.25, -0.2) is 0 Å². The summed E-state index contributed by atoms with van der Waals surface area (Å²) in [5.74, 6) is -0.239. The third kappa shape index (κ3) is 1.48. The van der Waals surface area contributed by atoms with Crippen LogP contribution in [0.15, 0.2) is 0 Å². The smallest absolute Gasteiger partial charge is 0.308 e. The molecule has 3 nitrogen and oxygen atoms in total. The minimum absolute atomic E-state index is 0.0556. The molecule has 0 heterocycles. The van der Waals surface area contributed by atoms with E-state index in [0.29, 0.717) is 6.42 Å². The Morgan fingerprint density at radius 3 is 2.70 bits per heavy atom. The third-order valence-corrected chi connectivity index (χ3v) is 1.94. The molecule has 0 aromatic heterocycles. The van der Waals surface area contributed by atoms with Crippen LogP contribution >= 0.6 is 0 Å². The lowest BCUT2D eigenvalue weighted by Gasteiger charge is -2.04. The first-order chi connectivity index (χ1) is 4.74. The number of methoxy groups -OCH3 is 1. The van der Waals surface area contributed by atoms with Gasteiger partial charge < -0.3 is 9.84 Å². The van der Waals surface area contributed by atoms with Crippen LogP contribution in [0.5, 0.6) is 0 Å². The summed E-state index contributed by atoms with van der Waals surface area (Å²) in [5, 5.41) is 9.04. The van der Waals surface area contributed by atoms with Crippen LogP contribution in [0.4, 0.5) is 0 Å². The van der Waals surface area contributed by atoms with E-state index in [0.717, 1.165) is 12.8 Å². The Bertz CT molecular complexity index is 133. The van der Waals surface area contributed by atoms with Gasteiger partial charge >= 0.3 is 5.97 Å². The molecule has 10 heavy (non-hydrogen) atoms. The Balaban J connectivity index is 2.37. The fraction of sp³-hybridized carbons (Fsp3) is 0.857. The fourth-order valence-corrected chi connectivity index (χ4v) is 1.34. The summed E-state index contributed by atoms with van der Waals surface area (Å²) >= 11 is 0. The average Bonchev–Trinajstić information content (AvgIpc) is 2.34. The van der Waals surface area contributed by atoms with Crippen LogP contribution in [-0.2, 0) is 9.53 Å². The van der Waals surface area contributed by atoms with E-state index in [4.69, 9.17) is 5.11 Å². The van der Waals surface area contributed by atoms with Crippen LogP contribution in [0, 0.1) is 5.92 Å². The van der Waals surface area contributed by atoms with E-state index in [-0.39, 0.29) is 18.0 Å². The normalized spacial score (nSPS) is 32.2. The first kappa shape index (κ1) is 7.54. The molecule has 2 atom stereocenters. The van der Waals surface area contributed by atoms with Crippen molar-refractivity contribution in [1.29, 1.82) is 0 Å². The maximum Gasteiger partial charge on any atom is 0.308 e. The number of hydrogen-bond acceptors (Lipinski definition) is 3.